The summed E-state index contributed by atoms with van der Waals surface area (Å²) in [4.78, 5) is 4.55. The molecule has 2 rings (SSSR count). The molecule has 0 aromatic heterocycles. The zero-order chi connectivity index (χ0) is 10.0. The summed E-state index contributed by atoms with van der Waals surface area (Å²) < 4.78 is 0. The summed E-state index contributed by atoms with van der Waals surface area (Å²) in [7, 11) is 0. The topological polar surface area (TPSA) is 24.4 Å². The molecule has 0 amide bonds. The molecule has 2 nitrogen and oxygen atoms in total. The Bertz CT molecular complexity index is 230. The van der Waals surface area contributed by atoms with Crippen molar-refractivity contribution in [1.29, 1.82) is 0 Å². The molecule has 0 saturated heterocycles. The fraction of sp³-hybridized carbons (Fsp3) is 0.917. The molecule has 0 bridgehead atoms. The smallest absolute Gasteiger partial charge is 0.0965 e. The summed E-state index contributed by atoms with van der Waals surface area (Å²) in [6.45, 7) is 5.78. The molecule has 1 saturated carbocycles. The summed E-state index contributed by atoms with van der Waals surface area (Å²) in [5, 5.41) is 3.62. The van der Waals surface area contributed by atoms with E-state index in [9.17, 15) is 0 Å². The zero-order valence-corrected chi connectivity index (χ0v) is 9.47. The Labute approximate surface area is 87.2 Å². The van der Waals surface area contributed by atoms with Crippen LogP contribution in [-0.2, 0) is 0 Å². The highest BCUT2D eigenvalue weighted by Crippen LogP contribution is 2.36. The summed E-state index contributed by atoms with van der Waals surface area (Å²) in [6.07, 6.45) is 7.77. The largest absolute Gasteiger partial charge is 0.371 e. The van der Waals surface area contributed by atoms with Gasteiger partial charge < -0.3 is 5.32 Å². The van der Waals surface area contributed by atoms with Crippen LogP contribution in [0.25, 0.3) is 0 Å². The summed E-state index contributed by atoms with van der Waals surface area (Å²) in [6, 6.07) is 0.696. The van der Waals surface area contributed by atoms with Crippen molar-refractivity contribution in [3.8, 4) is 0 Å². The van der Waals surface area contributed by atoms with Crippen LogP contribution >= 0.6 is 0 Å². The molecule has 0 aromatic rings. The molecule has 0 aromatic carbocycles. The van der Waals surface area contributed by atoms with Crippen molar-refractivity contribution >= 4 is 5.84 Å². The van der Waals surface area contributed by atoms with Gasteiger partial charge in [0.1, 0.15) is 0 Å². The van der Waals surface area contributed by atoms with Gasteiger partial charge in [-0.3, -0.25) is 4.99 Å². The third-order valence-electron chi connectivity index (χ3n) is 3.46. The van der Waals surface area contributed by atoms with Crippen molar-refractivity contribution < 1.29 is 0 Å². The Morgan fingerprint density at radius 1 is 1.36 bits per heavy atom. The molecule has 80 valence electrons. The number of hydrogen-bond donors (Lipinski definition) is 1. The summed E-state index contributed by atoms with van der Waals surface area (Å²) >= 11 is 0. The Hall–Kier alpha value is -0.530. The first-order valence-electron chi connectivity index (χ1n) is 5.96. The lowest BCUT2D eigenvalue weighted by Crippen LogP contribution is -2.34. The standard InChI is InChI=1S/C12H22N2/c1-12(2)7-6-10(9-12)14-11-5-3-4-8-13-11/h10H,3-9H2,1-2H3,(H,13,14). The highest BCUT2D eigenvalue weighted by Gasteiger charge is 2.31. The van der Waals surface area contributed by atoms with E-state index in [2.05, 4.69) is 24.2 Å². The third-order valence-corrected chi connectivity index (χ3v) is 3.46. The highest BCUT2D eigenvalue weighted by molar-refractivity contribution is 5.82. The predicted molar refractivity (Wildman–Crippen MR) is 60.7 cm³/mol. The lowest BCUT2D eigenvalue weighted by Gasteiger charge is -2.21. The predicted octanol–water partition coefficient (Wildman–Crippen LogP) is 2.74. The van der Waals surface area contributed by atoms with Crippen LogP contribution in [0.1, 0.15) is 52.4 Å². The zero-order valence-electron chi connectivity index (χ0n) is 9.47. The van der Waals surface area contributed by atoms with Crippen molar-refractivity contribution in [1.82, 2.24) is 5.32 Å². The fourth-order valence-electron chi connectivity index (χ4n) is 2.61. The number of rotatable bonds is 1. The van der Waals surface area contributed by atoms with Crippen LogP contribution in [0.2, 0.25) is 0 Å². The molecule has 1 atom stereocenters. The van der Waals surface area contributed by atoms with E-state index >= 15 is 0 Å². The molecule has 1 aliphatic heterocycles. The van der Waals surface area contributed by atoms with Crippen molar-refractivity contribution in [2.75, 3.05) is 6.54 Å². The van der Waals surface area contributed by atoms with Gasteiger partial charge in [0.15, 0.2) is 0 Å². The second-order valence-electron chi connectivity index (χ2n) is 5.53. The normalized spacial score (nSPS) is 31.3. The SMILES string of the molecule is CC1(C)CCC(NC2=NCCCC2)C1. The minimum atomic E-state index is 0.549. The molecule has 1 fully saturated rings. The quantitative estimate of drug-likeness (QED) is 0.682. The lowest BCUT2D eigenvalue weighted by atomic mass is 9.92. The van der Waals surface area contributed by atoms with Crippen molar-refractivity contribution in [3.63, 3.8) is 0 Å². The molecule has 2 aliphatic rings. The first-order valence-corrected chi connectivity index (χ1v) is 5.96. The van der Waals surface area contributed by atoms with Crippen LogP contribution in [0.4, 0.5) is 0 Å². The van der Waals surface area contributed by atoms with Crippen LogP contribution in [0, 0.1) is 5.41 Å². The van der Waals surface area contributed by atoms with E-state index in [4.69, 9.17) is 0 Å². The average Bonchev–Trinajstić information content (AvgIpc) is 2.47. The number of hydrogen-bond acceptors (Lipinski definition) is 2. The van der Waals surface area contributed by atoms with Gasteiger partial charge in [-0.15, -0.1) is 0 Å². The third kappa shape index (κ3) is 2.49. The summed E-state index contributed by atoms with van der Waals surface area (Å²) in [5.41, 5.74) is 0.549. The van der Waals surface area contributed by atoms with Gasteiger partial charge in [-0.05, 0) is 37.5 Å². The molecule has 0 radical (unpaired) electrons. The van der Waals surface area contributed by atoms with Crippen LogP contribution < -0.4 is 5.32 Å². The van der Waals surface area contributed by atoms with E-state index < -0.39 is 0 Å². The highest BCUT2D eigenvalue weighted by atomic mass is 15.0. The number of nitrogens with zero attached hydrogens (tertiary/aromatic N) is 1. The first kappa shape index (κ1) is 10.0. The molecule has 1 aliphatic carbocycles. The van der Waals surface area contributed by atoms with E-state index in [1.54, 1.807) is 0 Å². The Kier molecular flexibility index (Phi) is 2.80. The maximum Gasteiger partial charge on any atom is 0.0965 e. The van der Waals surface area contributed by atoms with Gasteiger partial charge in [-0.1, -0.05) is 13.8 Å². The fourth-order valence-corrected chi connectivity index (χ4v) is 2.61. The maximum atomic E-state index is 4.55. The van der Waals surface area contributed by atoms with Crippen LogP contribution in [-0.4, -0.2) is 18.4 Å². The van der Waals surface area contributed by atoms with Crippen LogP contribution in [0.15, 0.2) is 4.99 Å². The van der Waals surface area contributed by atoms with E-state index in [-0.39, 0.29) is 0 Å². The van der Waals surface area contributed by atoms with Gasteiger partial charge in [0.05, 0.1) is 5.84 Å². The van der Waals surface area contributed by atoms with Gasteiger partial charge in [-0.25, -0.2) is 0 Å². The second-order valence-corrected chi connectivity index (χ2v) is 5.53. The van der Waals surface area contributed by atoms with Gasteiger partial charge in [0.2, 0.25) is 0 Å². The minimum Gasteiger partial charge on any atom is -0.371 e. The second kappa shape index (κ2) is 3.92. The van der Waals surface area contributed by atoms with Crippen molar-refractivity contribution in [2.45, 2.75) is 58.4 Å². The summed E-state index contributed by atoms with van der Waals surface area (Å²) in [5.74, 6) is 1.28. The van der Waals surface area contributed by atoms with E-state index in [0.29, 0.717) is 11.5 Å². The minimum absolute atomic E-state index is 0.549. The Morgan fingerprint density at radius 3 is 2.79 bits per heavy atom. The van der Waals surface area contributed by atoms with Crippen LogP contribution in [0.3, 0.4) is 0 Å². The molecule has 1 N–H and O–H groups in total. The van der Waals surface area contributed by atoms with Crippen molar-refractivity contribution in [2.24, 2.45) is 10.4 Å². The molecular weight excluding hydrogens is 172 g/mol. The molecular formula is C12H22N2. The molecule has 14 heavy (non-hydrogen) atoms. The van der Waals surface area contributed by atoms with Gasteiger partial charge in [-0.2, -0.15) is 0 Å². The molecule has 2 heteroatoms. The Balaban J connectivity index is 1.84. The van der Waals surface area contributed by atoms with Gasteiger partial charge in [0.25, 0.3) is 0 Å². The van der Waals surface area contributed by atoms with E-state index in [1.807, 2.05) is 0 Å². The molecule has 0 spiro atoms. The number of aliphatic imine (C=N–C) groups is 1. The monoisotopic (exact) mass is 194 g/mol. The average molecular weight is 194 g/mol. The Morgan fingerprint density at radius 2 is 2.21 bits per heavy atom. The van der Waals surface area contributed by atoms with Crippen molar-refractivity contribution in [3.05, 3.63) is 0 Å². The molecule has 1 heterocycles. The van der Waals surface area contributed by atoms with E-state index in [1.165, 1.54) is 44.4 Å². The van der Waals surface area contributed by atoms with Crippen LogP contribution in [0.5, 0.6) is 0 Å². The lowest BCUT2D eigenvalue weighted by molar-refractivity contribution is 0.372. The maximum absolute atomic E-state index is 4.55. The first-order chi connectivity index (χ1) is 6.66. The van der Waals surface area contributed by atoms with Gasteiger partial charge in [0, 0.05) is 19.0 Å². The van der Waals surface area contributed by atoms with Gasteiger partial charge >= 0.3 is 0 Å². The molecule has 1 unspecified atom stereocenters. The number of nitrogens with one attached hydrogen (secondary N) is 1. The van der Waals surface area contributed by atoms with E-state index in [0.717, 1.165) is 6.54 Å². The number of amidine groups is 1.